The van der Waals surface area contributed by atoms with Crippen molar-refractivity contribution in [2.24, 2.45) is 0 Å². The largest absolute Gasteiger partial charge is 0.427 e. The second kappa shape index (κ2) is 16.5. The number of rotatable bonds is 14. The fourth-order valence-corrected chi connectivity index (χ4v) is 8.89. The maximum Gasteiger partial charge on any atom is 0.385 e. The summed E-state index contributed by atoms with van der Waals surface area (Å²) in [5, 5.41) is 0.00552. The third kappa shape index (κ3) is 8.73. The molecule has 236 valence electrons. The molecule has 0 bridgehead atoms. The third-order valence-corrected chi connectivity index (χ3v) is 10.9. The van der Waals surface area contributed by atoms with Crippen molar-refractivity contribution < 1.29 is 9.05 Å². The highest BCUT2D eigenvalue weighted by Gasteiger charge is 2.39. The van der Waals surface area contributed by atoms with Gasteiger partial charge < -0.3 is 9.05 Å². The lowest BCUT2D eigenvalue weighted by atomic mass is 9.97. The van der Waals surface area contributed by atoms with Crippen molar-refractivity contribution >= 4 is 20.3 Å². The fourth-order valence-electron chi connectivity index (χ4n) is 5.61. The van der Waals surface area contributed by atoms with Crippen LogP contribution in [0.2, 0.25) is 0 Å². The molecule has 6 rings (SSSR count). The van der Waals surface area contributed by atoms with Gasteiger partial charge in [0.25, 0.3) is 0 Å². The first kappa shape index (κ1) is 32.6. The number of nitrogens with zero attached hydrogens (tertiary/aromatic N) is 1. The minimum Gasteiger partial charge on any atom is -0.427 e. The van der Waals surface area contributed by atoms with Gasteiger partial charge >= 0.3 is 8.53 Å². The first-order chi connectivity index (χ1) is 23.2. The van der Waals surface area contributed by atoms with Gasteiger partial charge in [0, 0.05) is 11.4 Å². The van der Waals surface area contributed by atoms with Crippen LogP contribution in [0.4, 0.5) is 0 Å². The molecule has 0 saturated heterocycles. The Morgan fingerprint density at radius 1 is 0.532 bits per heavy atom. The zero-order chi connectivity index (χ0) is 32.3. The zero-order valence-electron chi connectivity index (χ0n) is 26.8. The maximum absolute atomic E-state index is 6.91. The van der Waals surface area contributed by atoms with Gasteiger partial charge in [-0.25, -0.2) is 4.67 Å². The van der Waals surface area contributed by atoms with E-state index in [1.54, 1.807) is 0 Å². The molecule has 2 atom stereocenters. The molecule has 6 aromatic rings. The molecule has 0 radical (unpaired) electrons. The van der Waals surface area contributed by atoms with E-state index in [1.807, 2.05) is 72.4 Å². The lowest BCUT2D eigenvalue weighted by molar-refractivity contribution is 0.274. The topological polar surface area (TPSA) is 21.7 Å². The number of para-hydroxylation sites is 2. The smallest absolute Gasteiger partial charge is 0.385 e. The standard InChI is InChI=1S/C42H40NO2PS/c1-33(2)39-30-18-19-31-40(39)47-42(36-24-12-5-13-25-36)41(35-22-10-4-11-23-35)43(32-34-20-8-3-9-21-34)46(44-37-26-14-6-15-27-37)45-38-28-16-7-17-29-38/h3-31,33,41-42H,32H2,1-2H3. The van der Waals surface area contributed by atoms with Crippen molar-refractivity contribution in [1.29, 1.82) is 0 Å². The summed E-state index contributed by atoms with van der Waals surface area (Å²) in [7, 11) is -1.66. The summed E-state index contributed by atoms with van der Waals surface area (Å²) in [6.45, 7) is 5.17. The van der Waals surface area contributed by atoms with Crippen molar-refractivity contribution in [2.45, 2.75) is 42.5 Å². The molecular formula is C42H40NO2PS. The molecule has 0 fully saturated rings. The molecule has 0 aliphatic rings. The van der Waals surface area contributed by atoms with Crippen LogP contribution in [0.25, 0.3) is 0 Å². The Balaban J connectivity index is 1.55. The monoisotopic (exact) mass is 653 g/mol. The van der Waals surface area contributed by atoms with Crippen molar-refractivity contribution in [3.05, 3.63) is 198 Å². The first-order valence-corrected chi connectivity index (χ1v) is 18.1. The highest BCUT2D eigenvalue weighted by molar-refractivity contribution is 7.99. The molecule has 2 unspecified atom stereocenters. The predicted octanol–water partition coefficient (Wildman–Crippen LogP) is 12.3. The average Bonchev–Trinajstić information content (AvgIpc) is 3.13. The molecule has 0 spiro atoms. The van der Waals surface area contributed by atoms with Crippen LogP contribution in [-0.4, -0.2) is 4.67 Å². The van der Waals surface area contributed by atoms with Gasteiger partial charge in [-0.05, 0) is 58.5 Å². The average molecular weight is 654 g/mol. The summed E-state index contributed by atoms with van der Waals surface area (Å²) in [5.41, 5.74) is 4.99. The predicted molar refractivity (Wildman–Crippen MR) is 198 cm³/mol. The molecule has 0 aliphatic heterocycles. The van der Waals surface area contributed by atoms with E-state index in [0.29, 0.717) is 12.5 Å². The Kier molecular flexibility index (Phi) is 11.4. The molecule has 3 nitrogen and oxygen atoms in total. The second-order valence-electron chi connectivity index (χ2n) is 11.6. The van der Waals surface area contributed by atoms with Crippen LogP contribution in [-0.2, 0) is 6.54 Å². The highest BCUT2D eigenvalue weighted by atomic mass is 32.2. The summed E-state index contributed by atoms with van der Waals surface area (Å²) in [5.74, 6) is 1.94. The minimum absolute atomic E-state index is 0.00552. The van der Waals surface area contributed by atoms with E-state index in [1.165, 1.54) is 27.1 Å². The van der Waals surface area contributed by atoms with Crippen molar-refractivity contribution in [1.82, 2.24) is 4.67 Å². The highest BCUT2D eigenvalue weighted by Crippen LogP contribution is 2.57. The quantitative estimate of drug-likeness (QED) is 0.0861. The van der Waals surface area contributed by atoms with Gasteiger partial charge in [0.05, 0.1) is 11.3 Å². The summed E-state index contributed by atoms with van der Waals surface area (Å²) in [6.07, 6.45) is 0. The number of hydrogen-bond acceptors (Lipinski definition) is 4. The van der Waals surface area contributed by atoms with Crippen LogP contribution in [0.15, 0.2) is 181 Å². The van der Waals surface area contributed by atoms with E-state index in [9.17, 15) is 0 Å². The van der Waals surface area contributed by atoms with Gasteiger partial charge in [-0.2, -0.15) is 0 Å². The van der Waals surface area contributed by atoms with Crippen LogP contribution >= 0.6 is 20.3 Å². The lowest BCUT2D eigenvalue weighted by Crippen LogP contribution is -2.31. The van der Waals surface area contributed by atoms with E-state index >= 15 is 0 Å². The Morgan fingerprint density at radius 2 is 0.979 bits per heavy atom. The Hall–Kier alpha value is -4.34. The molecule has 0 saturated carbocycles. The van der Waals surface area contributed by atoms with Crippen molar-refractivity contribution in [3.63, 3.8) is 0 Å². The van der Waals surface area contributed by atoms with Gasteiger partial charge in [0.15, 0.2) is 0 Å². The molecule has 0 amide bonds. The van der Waals surface area contributed by atoms with Gasteiger partial charge in [-0.15, -0.1) is 11.8 Å². The van der Waals surface area contributed by atoms with E-state index in [-0.39, 0.29) is 11.3 Å². The molecule has 6 aromatic carbocycles. The molecule has 0 aliphatic carbocycles. The molecular weight excluding hydrogens is 614 g/mol. The summed E-state index contributed by atoms with van der Waals surface area (Å²) >= 11 is 1.93. The van der Waals surface area contributed by atoms with Crippen LogP contribution < -0.4 is 9.05 Å². The first-order valence-electron chi connectivity index (χ1n) is 16.1. The van der Waals surface area contributed by atoms with E-state index < -0.39 is 8.53 Å². The van der Waals surface area contributed by atoms with Gasteiger partial charge in [-0.1, -0.05) is 159 Å². The Labute approximate surface area is 285 Å². The number of hydrogen-bond donors (Lipinski definition) is 0. The van der Waals surface area contributed by atoms with Crippen molar-refractivity contribution in [3.8, 4) is 11.5 Å². The van der Waals surface area contributed by atoms with E-state index in [4.69, 9.17) is 9.05 Å². The summed E-state index contributed by atoms with van der Waals surface area (Å²) < 4.78 is 16.3. The van der Waals surface area contributed by atoms with E-state index in [2.05, 4.69) is 134 Å². The lowest BCUT2D eigenvalue weighted by Gasteiger charge is -2.40. The molecule has 5 heteroatoms. The zero-order valence-corrected chi connectivity index (χ0v) is 28.5. The van der Waals surface area contributed by atoms with Crippen LogP contribution in [0, 0.1) is 0 Å². The summed E-state index contributed by atoms with van der Waals surface area (Å²) in [6, 6.07) is 61.1. The maximum atomic E-state index is 6.91. The third-order valence-electron chi connectivity index (χ3n) is 7.92. The van der Waals surface area contributed by atoms with Crippen LogP contribution in [0.5, 0.6) is 11.5 Å². The van der Waals surface area contributed by atoms with Crippen LogP contribution in [0.1, 0.15) is 53.3 Å². The normalized spacial score (nSPS) is 12.6. The number of benzene rings is 6. The minimum atomic E-state index is -1.66. The Morgan fingerprint density at radius 3 is 1.51 bits per heavy atom. The Bertz CT molecular complexity index is 1730. The summed E-state index contributed by atoms with van der Waals surface area (Å²) in [4.78, 5) is 1.29. The molecule has 47 heavy (non-hydrogen) atoms. The van der Waals surface area contributed by atoms with Gasteiger partial charge in [0.1, 0.15) is 11.5 Å². The SMILES string of the molecule is CC(C)c1ccccc1SC(c1ccccc1)C(c1ccccc1)N(Cc1ccccc1)P(Oc1ccccc1)Oc1ccccc1. The van der Waals surface area contributed by atoms with E-state index in [0.717, 1.165) is 11.5 Å². The van der Waals surface area contributed by atoms with Gasteiger partial charge in [-0.3, -0.25) is 0 Å². The molecule has 0 N–H and O–H groups in total. The number of thioether (sulfide) groups is 1. The van der Waals surface area contributed by atoms with Crippen LogP contribution in [0.3, 0.4) is 0 Å². The van der Waals surface area contributed by atoms with Crippen molar-refractivity contribution in [2.75, 3.05) is 0 Å². The fraction of sp³-hybridized carbons (Fsp3) is 0.143. The second-order valence-corrected chi connectivity index (χ2v) is 14.2. The molecule has 0 heterocycles. The molecule has 0 aromatic heterocycles. The van der Waals surface area contributed by atoms with Gasteiger partial charge in [0.2, 0.25) is 0 Å².